The van der Waals surface area contributed by atoms with Gasteiger partial charge in [0.2, 0.25) is 0 Å². The first-order chi connectivity index (χ1) is 6.99. The molecule has 2 saturated heterocycles. The highest BCUT2D eigenvalue weighted by Crippen LogP contribution is 2.57. The second kappa shape index (κ2) is 2.92. The second-order valence-electron chi connectivity index (χ2n) is 4.77. The Balaban J connectivity index is 1.80. The largest absolute Gasteiger partial charge is 0.413 e. The van der Waals surface area contributed by atoms with Crippen LogP contribution in [0.1, 0.15) is 19.3 Å². The van der Waals surface area contributed by atoms with Gasteiger partial charge in [0.25, 0.3) is 0 Å². The first kappa shape index (κ1) is 9.98. The van der Waals surface area contributed by atoms with Gasteiger partial charge in [-0.15, -0.1) is 0 Å². The lowest BCUT2D eigenvalue weighted by Gasteiger charge is -2.31. The molecule has 0 amide bonds. The van der Waals surface area contributed by atoms with E-state index in [1.165, 1.54) is 5.06 Å². The minimum Gasteiger partial charge on any atom is -0.287 e. The Bertz CT molecular complexity index is 378. The monoisotopic (exact) mass is 234 g/mol. The molecule has 2 unspecified atom stereocenters. The van der Waals surface area contributed by atoms with Crippen LogP contribution >= 0.6 is 0 Å². The first-order valence-electron chi connectivity index (χ1n) is 5.15. The highest BCUT2D eigenvalue weighted by Gasteiger charge is 2.58. The zero-order chi connectivity index (χ0) is 10.7. The van der Waals surface area contributed by atoms with Crippen LogP contribution in [0.15, 0.2) is 0 Å². The summed E-state index contributed by atoms with van der Waals surface area (Å²) in [5.41, 5.74) is 0.262. The van der Waals surface area contributed by atoms with E-state index in [9.17, 15) is 8.42 Å². The molecule has 1 N–H and O–H groups in total. The third kappa shape index (κ3) is 1.68. The Morgan fingerprint density at radius 2 is 2.07 bits per heavy atom. The smallest absolute Gasteiger partial charge is 0.287 e. The SMILES string of the molecule is O=S(=O)(O)ON1CN2CCC3(CC3)C1C2. The molecule has 2 heterocycles. The molecule has 1 spiro atoms. The number of piperidine rings is 1. The predicted molar refractivity (Wildman–Crippen MR) is 51.0 cm³/mol. The quantitative estimate of drug-likeness (QED) is 0.670. The molecule has 3 aliphatic rings. The molecule has 86 valence electrons. The summed E-state index contributed by atoms with van der Waals surface area (Å²) in [7, 11) is -4.37. The summed E-state index contributed by atoms with van der Waals surface area (Å²) in [6, 6.07) is 0.133. The van der Waals surface area contributed by atoms with Crippen molar-refractivity contribution in [3.63, 3.8) is 0 Å². The molecular formula is C8H14N2O4S. The average Bonchev–Trinajstić information content (AvgIpc) is 2.80. The maximum Gasteiger partial charge on any atom is 0.413 e. The van der Waals surface area contributed by atoms with Crippen LogP contribution in [0.5, 0.6) is 0 Å². The number of rotatable bonds is 2. The fourth-order valence-electron chi connectivity index (χ4n) is 2.84. The lowest BCUT2D eigenvalue weighted by atomic mass is 9.90. The van der Waals surface area contributed by atoms with Gasteiger partial charge >= 0.3 is 10.4 Å². The van der Waals surface area contributed by atoms with Gasteiger partial charge in [0.15, 0.2) is 0 Å². The van der Waals surface area contributed by atoms with Crippen molar-refractivity contribution >= 4 is 10.4 Å². The summed E-state index contributed by atoms with van der Waals surface area (Å²) in [5, 5.41) is 1.43. The van der Waals surface area contributed by atoms with Crippen LogP contribution < -0.4 is 0 Å². The molecule has 7 heteroatoms. The summed E-state index contributed by atoms with van der Waals surface area (Å²) in [6.07, 6.45) is 3.41. The van der Waals surface area contributed by atoms with Gasteiger partial charge in [0.1, 0.15) is 0 Å². The van der Waals surface area contributed by atoms with Gasteiger partial charge in [-0.05, 0) is 24.7 Å². The van der Waals surface area contributed by atoms with Crippen LogP contribution in [0, 0.1) is 5.41 Å². The van der Waals surface area contributed by atoms with E-state index in [1.807, 2.05) is 0 Å². The molecule has 0 radical (unpaired) electrons. The summed E-state index contributed by atoms with van der Waals surface area (Å²) in [5.74, 6) is 0. The van der Waals surface area contributed by atoms with Gasteiger partial charge < -0.3 is 0 Å². The van der Waals surface area contributed by atoms with Gasteiger partial charge in [0.05, 0.1) is 12.7 Å². The number of nitrogens with zero attached hydrogens (tertiary/aromatic N) is 2. The van der Waals surface area contributed by atoms with E-state index in [-0.39, 0.29) is 11.5 Å². The molecule has 0 aromatic heterocycles. The average molecular weight is 234 g/mol. The Kier molecular flexibility index (Phi) is 1.94. The zero-order valence-corrected chi connectivity index (χ0v) is 9.11. The van der Waals surface area contributed by atoms with E-state index in [4.69, 9.17) is 4.55 Å². The second-order valence-corrected chi connectivity index (χ2v) is 5.77. The zero-order valence-electron chi connectivity index (χ0n) is 8.29. The van der Waals surface area contributed by atoms with Gasteiger partial charge in [-0.25, -0.2) is 0 Å². The van der Waals surface area contributed by atoms with Gasteiger partial charge in [-0.2, -0.15) is 17.8 Å². The van der Waals surface area contributed by atoms with E-state index in [0.717, 1.165) is 32.4 Å². The van der Waals surface area contributed by atoms with Crippen molar-refractivity contribution in [1.82, 2.24) is 9.96 Å². The summed E-state index contributed by atoms with van der Waals surface area (Å²) < 4.78 is 34.6. The molecule has 3 rings (SSSR count). The van der Waals surface area contributed by atoms with E-state index in [1.54, 1.807) is 0 Å². The highest BCUT2D eigenvalue weighted by atomic mass is 32.3. The summed E-state index contributed by atoms with van der Waals surface area (Å²) in [4.78, 5) is 2.15. The molecular weight excluding hydrogens is 220 g/mol. The molecule has 2 bridgehead atoms. The molecule has 6 nitrogen and oxygen atoms in total. The summed E-state index contributed by atoms with van der Waals surface area (Å²) in [6.45, 7) is 2.34. The van der Waals surface area contributed by atoms with E-state index < -0.39 is 10.4 Å². The standard InChI is InChI=1S/C8H14N2O4S/c11-15(12,13)14-10-6-9-4-3-8(1-2-8)7(10)5-9/h7H,1-6H2,(H,11,12,13). The lowest BCUT2D eigenvalue weighted by Crippen LogP contribution is -2.41. The number of hydroxylamine groups is 2. The fraction of sp³-hybridized carbons (Fsp3) is 1.00. The molecule has 0 aromatic rings. The third-order valence-electron chi connectivity index (χ3n) is 3.83. The predicted octanol–water partition coefficient (Wildman–Crippen LogP) is -0.152. The molecule has 15 heavy (non-hydrogen) atoms. The third-order valence-corrected chi connectivity index (χ3v) is 4.21. The Morgan fingerprint density at radius 3 is 2.67 bits per heavy atom. The Morgan fingerprint density at radius 1 is 1.33 bits per heavy atom. The minimum atomic E-state index is -4.37. The maximum absolute atomic E-state index is 10.7. The first-order valence-corrected chi connectivity index (χ1v) is 6.51. The molecule has 1 saturated carbocycles. The molecule has 0 aromatic carbocycles. The lowest BCUT2D eigenvalue weighted by molar-refractivity contribution is -0.0912. The number of hydrogen-bond donors (Lipinski definition) is 1. The minimum absolute atomic E-state index is 0.133. The van der Waals surface area contributed by atoms with E-state index in [0.29, 0.717) is 6.67 Å². The Hall–Kier alpha value is -0.210. The molecule has 3 fully saturated rings. The van der Waals surface area contributed by atoms with Crippen molar-refractivity contribution in [3.05, 3.63) is 0 Å². The molecule has 1 aliphatic carbocycles. The van der Waals surface area contributed by atoms with Crippen molar-refractivity contribution < 1.29 is 17.3 Å². The van der Waals surface area contributed by atoms with Crippen molar-refractivity contribution in [2.24, 2.45) is 5.41 Å². The van der Waals surface area contributed by atoms with Crippen LogP contribution in [0.3, 0.4) is 0 Å². The van der Waals surface area contributed by atoms with Gasteiger partial charge in [-0.1, -0.05) is 0 Å². The van der Waals surface area contributed by atoms with Crippen molar-refractivity contribution in [2.75, 3.05) is 19.8 Å². The highest BCUT2D eigenvalue weighted by molar-refractivity contribution is 7.80. The normalized spacial score (nSPS) is 38.5. The van der Waals surface area contributed by atoms with Crippen LogP contribution in [0.2, 0.25) is 0 Å². The maximum atomic E-state index is 10.7. The van der Waals surface area contributed by atoms with Crippen molar-refractivity contribution in [1.29, 1.82) is 0 Å². The van der Waals surface area contributed by atoms with Crippen LogP contribution in [-0.2, 0) is 14.7 Å². The van der Waals surface area contributed by atoms with Gasteiger partial charge in [-0.3, -0.25) is 9.45 Å². The number of hydrogen-bond acceptors (Lipinski definition) is 5. The number of fused-ring (bicyclic) bond motifs is 3. The summed E-state index contributed by atoms with van der Waals surface area (Å²) >= 11 is 0. The van der Waals surface area contributed by atoms with E-state index >= 15 is 0 Å². The van der Waals surface area contributed by atoms with Crippen LogP contribution in [0.25, 0.3) is 0 Å². The molecule has 2 aliphatic heterocycles. The van der Waals surface area contributed by atoms with E-state index in [2.05, 4.69) is 9.18 Å². The van der Waals surface area contributed by atoms with Crippen LogP contribution in [0.4, 0.5) is 0 Å². The molecule has 2 atom stereocenters. The fourth-order valence-corrected chi connectivity index (χ4v) is 3.23. The Labute approximate surface area is 88.7 Å². The van der Waals surface area contributed by atoms with Gasteiger partial charge in [0, 0.05) is 13.1 Å². The van der Waals surface area contributed by atoms with Crippen molar-refractivity contribution in [3.8, 4) is 0 Å². The van der Waals surface area contributed by atoms with Crippen LogP contribution in [-0.4, -0.2) is 48.7 Å². The topological polar surface area (TPSA) is 70.1 Å². The van der Waals surface area contributed by atoms with Crippen molar-refractivity contribution in [2.45, 2.75) is 25.3 Å².